The van der Waals surface area contributed by atoms with Crippen LogP contribution in [0.15, 0.2) is 77.7 Å². The fraction of sp³-hybridized carbons (Fsp3) is 0.179. The predicted molar refractivity (Wildman–Crippen MR) is 144 cm³/mol. The van der Waals surface area contributed by atoms with Gasteiger partial charge in [0.25, 0.3) is 0 Å². The maximum Gasteiger partial charge on any atom is 0.409 e. The first kappa shape index (κ1) is 22.7. The van der Waals surface area contributed by atoms with Gasteiger partial charge in [-0.3, -0.25) is 10.1 Å². The average molecular weight is 455 g/mol. The van der Waals surface area contributed by atoms with E-state index in [1.807, 2.05) is 49.5 Å². The van der Waals surface area contributed by atoms with E-state index in [2.05, 4.69) is 63.9 Å². The lowest BCUT2D eigenvalue weighted by Crippen LogP contribution is -2.23. The van der Waals surface area contributed by atoms with Crippen LogP contribution in [0.2, 0.25) is 0 Å². The van der Waals surface area contributed by atoms with Gasteiger partial charge in [-0.1, -0.05) is 54.6 Å². The molecule has 1 N–H and O–H groups in total. The molecule has 166 valence electrons. The standard InChI is InChI=1S/C28H27N3OS/c1-4-29-28(30-19-21-11-7-6-8-12-21)33-27(20(3)32)18-22-15-16-26-24(17-22)23-13-9-10-14-25(23)31(26)5-2/h6-19H,4-5H2,1-3H3/p+1/b27-18+. The van der Waals surface area contributed by atoms with Crippen LogP contribution in [-0.4, -0.2) is 28.3 Å². The zero-order valence-electron chi connectivity index (χ0n) is 19.2. The van der Waals surface area contributed by atoms with E-state index in [0.717, 1.165) is 24.2 Å². The molecule has 0 atom stereocenters. The van der Waals surface area contributed by atoms with Crippen molar-refractivity contribution < 1.29 is 4.79 Å². The molecule has 5 heteroatoms. The molecule has 0 saturated heterocycles. The maximum absolute atomic E-state index is 12.5. The van der Waals surface area contributed by atoms with E-state index >= 15 is 0 Å². The minimum Gasteiger partial charge on any atom is -0.341 e. The molecule has 0 aliphatic rings. The van der Waals surface area contributed by atoms with Crippen molar-refractivity contribution in [3.8, 4) is 0 Å². The quantitative estimate of drug-likeness (QED) is 0.178. The van der Waals surface area contributed by atoms with Crippen LogP contribution in [0.3, 0.4) is 0 Å². The molecule has 4 rings (SSSR count). The molecule has 0 aliphatic carbocycles. The third-order valence-corrected chi connectivity index (χ3v) is 6.49. The van der Waals surface area contributed by atoms with Gasteiger partial charge in [0.2, 0.25) is 0 Å². The van der Waals surface area contributed by atoms with Crippen molar-refractivity contribution in [3.05, 3.63) is 88.8 Å². The number of thioether (sulfide) groups is 1. The number of hydrogen-bond donors (Lipinski definition) is 1. The van der Waals surface area contributed by atoms with Crippen LogP contribution in [0.5, 0.6) is 0 Å². The maximum atomic E-state index is 12.5. The number of carbonyl (C=O) groups excluding carboxylic acids is 1. The van der Waals surface area contributed by atoms with E-state index in [9.17, 15) is 4.79 Å². The highest BCUT2D eigenvalue weighted by molar-refractivity contribution is 8.17. The largest absolute Gasteiger partial charge is 0.409 e. The fourth-order valence-electron chi connectivity index (χ4n) is 3.89. The summed E-state index contributed by atoms with van der Waals surface area (Å²) in [6, 6.07) is 24.8. The molecule has 0 spiro atoms. The van der Waals surface area contributed by atoms with Crippen LogP contribution in [0.25, 0.3) is 27.9 Å². The highest BCUT2D eigenvalue weighted by atomic mass is 32.2. The van der Waals surface area contributed by atoms with Crippen molar-refractivity contribution in [2.75, 3.05) is 6.54 Å². The number of amidine groups is 1. The smallest absolute Gasteiger partial charge is 0.341 e. The predicted octanol–water partition coefficient (Wildman–Crippen LogP) is 5.63. The van der Waals surface area contributed by atoms with Gasteiger partial charge in [-0.15, -0.1) is 0 Å². The summed E-state index contributed by atoms with van der Waals surface area (Å²) in [6.07, 6.45) is 3.77. The van der Waals surface area contributed by atoms with Gasteiger partial charge in [0.1, 0.15) is 0 Å². The molecule has 0 radical (unpaired) electrons. The molecule has 3 aromatic carbocycles. The average Bonchev–Trinajstić information content (AvgIpc) is 3.15. The monoisotopic (exact) mass is 454 g/mol. The Labute approximate surface area is 198 Å². The number of nitrogens with zero attached hydrogens (tertiary/aromatic N) is 2. The lowest BCUT2D eigenvalue weighted by molar-refractivity contribution is -0.112. The van der Waals surface area contributed by atoms with Crippen molar-refractivity contribution in [1.82, 2.24) is 14.6 Å². The van der Waals surface area contributed by atoms with E-state index in [4.69, 9.17) is 0 Å². The Balaban J connectivity index is 1.73. The van der Waals surface area contributed by atoms with Crippen LogP contribution < -0.4 is 9.98 Å². The van der Waals surface area contributed by atoms with Crippen LogP contribution >= 0.6 is 11.8 Å². The van der Waals surface area contributed by atoms with Gasteiger partial charge < -0.3 is 4.57 Å². The lowest BCUT2D eigenvalue weighted by atomic mass is 10.1. The number of nitrogens with one attached hydrogen (secondary N) is 1. The van der Waals surface area contributed by atoms with Gasteiger partial charge in [-0.2, -0.15) is 0 Å². The number of ketones is 1. The fourth-order valence-corrected chi connectivity index (χ4v) is 4.76. The number of aromatic nitrogens is 1. The lowest BCUT2D eigenvalue weighted by Gasteiger charge is -2.04. The number of fused-ring (bicyclic) bond motifs is 3. The minimum absolute atomic E-state index is 0.0152. The topological polar surface area (TPSA) is 48.1 Å². The number of benzene rings is 3. The Kier molecular flexibility index (Phi) is 7.13. The second-order valence-electron chi connectivity index (χ2n) is 7.71. The summed E-state index contributed by atoms with van der Waals surface area (Å²) < 4.78 is 6.93. The van der Waals surface area contributed by atoms with Crippen molar-refractivity contribution >= 4 is 56.8 Å². The number of allylic oxidation sites excluding steroid dienone is 1. The van der Waals surface area contributed by atoms with E-state index < -0.39 is 0 Å². The molecule has 4 aromatic rings. The summed E-state index contributed by atoms with van der Waals surface area (Å²) in [5.41, 5.74) is 4.46. The first-order chi connectivity index (χ1) is 16.1. The van der Waals surface area contributed by atoms with E-state index in [-0.39, 0.29) is 5.78 Å². The number of para-hydroxylation sites is 1. The first-order valence-electron chi connectivity index (χ1n) is 11.2. The molecule has 0 saturated carbocycles. The van der Waals surface area contributed by atoms with Gasteiger partial charge in [-0.05, 0) is 50.6 Å². The Hall–Kier alpha value is -3.53. The number of aryl methyl sites for hydroxylation is 1. The SMILES string of the molecule is CCNC(=[N+]=Cc1ccccc1)S/C(=C/c1ccc2c(c1)c1ccccc1n2CC)C(C)=O. The van der Waals surface area contributed by atoms with E-state index in [1.165, 1.54) is 33.6 Å². The normalized spacial score (nSPS) is 11.4. The van der Waals surface area contributed by atoms with Gasteiger partial charge >= 0.3 is 5.17 Å². The number of Topliss-reactive ketones (excluding diaryl/α,β-unsaturated/α-hetero) is 1. The van der Waals surface area contributed by atoms with E-state index in [1.54, 1.807) is 6.92 Å². The van der Waals surface area contributed by atoms with Gasteiger partial charge in [0.15, 0.2) is 12.0 Å². The molecule has 0 aliphatic heterocycles. The molecule has 0 unspecified atom stereocenters. The second-order valence-corrected chi connectivity index (χ2v) is 8.74. The van der Waals surface area contributed by atoms with Crippen LogP contribution in [0, 0.1) is 0 Å². The molecule has 1 aromatic heterocycles. The van der Waals surface area contributed by atoms with Gasteiger partial charge in [0, 0.05) is 45.7 Å². The number of carbonyl (C=O) groups is 1. The summed E-state index contributed by atoms with van der Waals surface area (Å²) in [5, 5.41) is 6.41. The Morgan fingerprint density at radius 2 is 1.67 bits per heavy atom. The third-order valence-electron chi connectivity index (χ3n) is 5.42. The summed E-state index contributed by atoms with van der Waals surface area (Å²) in [6.45, 7) is 7.42. The molecule has 0 bridgehead atoms. The number of rotatable bonds is 6. The Morgan fingerprint density at radius 1 is 0.939 bits per heavy atom. The molecule has 4 nitrogen and oxygen atoms in total. The molecular formula is C28H28N3OS+. The molecular weight excluding hydrogens is 426 g/mol. The van der Waals surface area contributed by atoms with Crippen LogP contribution in [-0.2, 0) is 11.3 Å². The zero-order chi connectivity index (χ0) is 23.2. The Morgan fingerprint density at radius 3 is 2.39 bits per heavy atom. The van der Waals surface area contributed by atoms with Gasteiger partial charge in [0.05, 0.1) is 11.4 Å². The summed E-state index contributed by atoms with van der Waals surface area (Å²) in [5.74, 6) is 0.0152. The third kappa shape index (κ3) is 5.11. The zero-order valence-corrected chi connectivity index (χ0v) is 20.0. The summed E-state index contributed by atoms with van der Waals surface area (Å²) >= 11 is 1.37. The summed E-state index contributed by atoms with van der Waals surface area (Å²) in [7, 11) is 0. The minimum atomic E-state index is 0.0152. The highest BCUT2D eigenvalue weighted by Crippen LogP contribution is 2.31. The molecule has 0 fully saturated rings. The second kappa shape index (κ2) is 10.4. The van der Waals surface area contributed by atoms with Gasteiger partial charge in [-0.25, -0.2) is 4.67 Å². The van der Waals surface area contributed by atoms with Crippen molar-refractivity contribution in [2.45, 2.75) is 27.3 Å². The molecule has 0 amide bonds. The van der Waals surface area contributed by atoms with Crippen molar-refractivity contribution in [1.29, 1.82) is 0 Å². The van der Waals surface area contributed by atoms with Crippen molar-refractivity contribution in [3.63, 3.8) is 0 Å². The van der Waals surface area contributed by atoms with Crippen LogP contribution in [0.1, 0.15) is 31.9 Å². The van der Waals surface area contributed by atoms with E-state index in [0.29, 0.717) is 10.1 Å². The summed E-state index contributed by atoms with van der Waals surface area (Å²) in [4.78, 5) is 13.2. The molecule has 33 heavy (non-hydrogen) atoms. The van der Waals surface area contributed by atoms with Crippen molar-refractivity contribution in [2.24, 2.45) is 0 Å². The Bertz CT molecular complexity index is 1390. The molecule has 1 heterocycles. The first-order valence-corrected chi connectivity index (χ1v) is 12.0. The number of hydrogen-bond acceptors (Lipinski definition) is 2. The van der Waals surface area contributed by atoms with Crippen LogP contribution in [0.4, 0.5) is 0 Å². The highest BCUT2D eigenvalue weighted by Gasteiger charge is 2.16.